The van der Waals surface area contributed by atoms with Crippen LogP contribution in [-0.2, 0) is 32.9 Å². The van der Waals surface area contributed by atoms with Crippen molar-refractivity contribution in [3.05, 3.63) is 0 Å². The summed E-state index contributed by atoms with van der Waals surface area (Å²) in [5.74, 6) is -2.18. The molecule has 0 aromatic rings. The van der Waals surface area contributed by atoms with E-state index >= 15 is 0 Å². The molecule has 0 rings (SSSR count). The van der Waals surface area contributed by atoms with E-state index in [1.165, 1.54) is 0 Å². The van der Waals surface area contributed by atoms with E-state index in [0.717, 1.165) is 0 Å². The van der Waals surface area contributed by atoms with Crippen molar-refractivity contribution in [2.45, 2.75) is 6.18 Å². The van der Waals surface area contributed by atoms with E-state index in [2.05, 4.69) is 0 Å². The van der Waals surface area contributed by atoms with Crippen molar-refractivity contribution in [3.63, 3.8) is 0 Å². The maximum Gasteiger partial charge on any atom is 1.00 e. The Morgan fingerprint density at radius 2 is 0.686 bits per heavy atom. The molecule has 0 radical (unpaired) electrons. The zero-order valence-corrected chi connectivity index (χ0v) is 20.9. The Kier molecular flexibility index (Phi) is 30.8. The standard InChI is InChI=1S/C2H3F3O3S.5FH2O3P.Li/c3-2(4,5)1-9(6,7)8;5*1-5(2,3)4;/h1H2,(H,6,7,8);5*(H2,2,3,4);/q;;;;;;+1/p-1. The van der Waals surface area contributed by atoms with Crippen molar-refractivity contribution >= 4 is 49.7 Å². The minimum Gasteiger partial charge on any atom is -0.753 e. The van der Waals surface area contributed by atoms with E-state index in [1.807, 2.05) is 0 Å². The Hall–Kier alpha value is 0.697. The van der Waals surface area contributed by atoms with Crippen LogP contribution in [0.15, 0.2) is 0 Å². The first-order valence-corrected chi connectivity index (χ1v) is 14.6. The molecule has 0 saturated carbocycles. The van der Waals surface area contributed by atoms with E-state index < -0.39 is 61.6 Å². The number of rotatable bonds is 1. The minimum absolute atomic E-state index is 0. The van der Waals surface area contributed by atoms with E-state index in [-0.39, 0.29) is 18.9 Å². The average Bonchev–Trinajstić information content (AvgIpc) is 2.07. The predicted octanol–water partition coefficient (Wildman–Crippen LogP) is -2.95. The summed E-state index contributed by atoms with van der Waals surface area (Å²) in [5.41, 5.74) is 0. The molecule has 0 amide bonds. The van der Waals surface area contributed by atoms with Gasteiger partial charge in [0, 0.05) is 0 Å². The van der Waals surface area contributed by atoms with E-state index in [4.69, 9.17) is 76.3 Å². The van der Waals surface area contributed by atoms with Gasteiger partial charge in [0.2, 0.25) is 0 Å². The summed E-state index contributed by atoms with van der Waals surface area (Å²) in [4.78, 5) is 71.1. The largest absolute Gasteiger partial charge is 1.00 e. The van der Waals surface area contributed by atoms with Crippen LogP contribution in [0.4, 0.5) is 34.2 Å². The molecular formula is C2H12F8LiO18P5S. The van der Waals surface area contributed by atoms with Gasteiger partial charge in [0.05, 0.1) is 0 Å². The summed E-state index contributed by atoms with van der Waals surface area (Å²) in [6.07, 6.45) is -4.85. The number of halogens is 8. The Morgan fingerprint density at radius 3 is 0.686 bits per heavy atom. The zero-order chi connectivity index (χ0) is 30.2. The third kappa shape index (κ3) is 827. The quantitative estimate of drug-likeness (QED) is 0.0577. The molecule has 0 saturated heterocycles. The molecule has 0 aromatic heterocycles. The summed E-state index contributed by atoms with van der Waals surface area (Å²) >= 11 is 0. The van der Waals surface area contributed by atoms with Gasteiger partial charge in [-0.15, -0.1) is 16.8 Å². The molecule has 0 aliphatic carbocycles. The number of alkyl halides is 3. The monoisotopic (exact) mass is 670 g/mol. The van der Waals surface area contributed by atoms with Gasteiger partial charge < -0.3 is 9.79 Å². The molecule has 35 heavy (non-hydrogen) atoms. The average molecular weight is 670 g/mol. The number of hydrogen-bond donors (Lipinski definition) is 10. The molecule has 0 aliphatic rings. The summed E-state index contributed by atoms with van der Waals surface area (Å²) in [7, 11) is -30.9. The van der Waals surface area contributed by atoms with Gasteiger partial charge in [-0.2, -0.15) is 25.8 Å². The zero-order valence-electron chi connectivity index (χ0n) is 15.6. The van der Waals surface area contributed by atoms with Crippen molar-refractivity contribution in [1.82, 2.24) is 0 Å². The Balaban J connectivity index is -0.0000000546. The Morgan fingerprint density at radius 1 is 0.600 bits per heavy atom. The van der Waals surface area contributed by atoms with Crippen LogP contribution in [0.2, 0.25) is 0 Å². The Bertz CT molecular complexity index is 702. The molecule has 0 spiro atoms. The van der Waals surface area contributed by atoms with Crippen LogP contribution in [0.1, 0.15) is 0 Å². The van der Waals surface area contributed by atoms with Gasteiger partial charge in [0.25, 0.3) is 10.1 Å². The fraction of sp³-hybridized carbons (Fsp3) is 1.00. The van der Waals surface area contributed by atoms with Crippen molar-refractivity contribution in [2.75, 3.05) is 5.75 Å². The first-order valence-electron chi connectivity index (χ1n) is 5.47. The van der Waals surface area contributed by atoms with Crippen molar-refractivity contribution in [3.8, 4) is 0 Å². The van der Waals surface area contributed by atoms with Gasteiger partial charge in [0.1, 0.15) is 0 Å². The smallest absolute Gasteiger partial charge is 0.753 e. The molecule has 1 unspecified atom stereocenters. The van der Waals surface area contributed by atoms with Crippen LogP contribution in [0, 0.1) is 0 Å². The maximum absolute atomic E-state index is 11.0. The van der Waals surface area contributed by atoms with Crippen molar-refractivity contribution < 1.29 is 138 Å². The molecule has 33 heteroatoms. The Labute approximate surface area is 199 Å². The second-order valence-electron chi connectivity index (χ2n) is 3.68. The van der Waals surface area contributed by atoms with E-state index in [1.54, 1.807) is 0 Å². The molecule has 0 aliphatic heterocycles. The summed E-state index contributed by atoms with van der Waals surface area (Å²) in [6, 6.07) is 0. The maximum atomic E-state index is 11.0. The third-order valence-corrected chi connectivity index (χ3v) is 1.04. The van der Waals surface area contributed by atoms with Gasteiger partial charge in [0.15, 0.2) is 5.75 Å². The normalized spacial score (nSPS) is 13.3. The van der Waals surface area contributed by atoms with Gasteiger partial charge in [-0.25, -0.2) is 18.3 Å². The summed E-state index contributed by atoms with van der Waals surface area (Å²) < 4.78 is 154. The second kappa shape index (κ2) is 20.6. The molecule has 10 N–H and O–H groups in total. The molecule has 0 bridgehead atoms. The van der Waals surface area contributed by atoms with Gasteiger partial charge in [-0.3, -0.25) is 48.3 Å². The van der Waals surface area contributed by atoms with Crippen molar-refractivity contribution in [1.29, 1.82) is 0 Å². The van der Waals surface area contributed by atoms with Crippen LogP contribution >= 0.6 is 39.5 Å². The van der Waals surface area contributed by atoms with E-state index in [9.17, 15) is 42.6 Å². The van der Waals surface area contributed by atoms with Crippen LogP contribution in [0.3, 0.4) is 0 Å². The number of hydrogen-bond acceptors (Lipinski definition) is 8. The fourth-order valence-electron chi connectivity index (χ4n) is 0.207. The van der Waals surface area contributed by atoms with E-state index in [0.29, 0.717) is 0 Å². The predicted molar refractivity (Wildman–Crippen MR) is 86.0 cm³/mol. The molecule has 1 atom stereocenters. The summed E-state index contributed by atoms with van der Waals surface area (Å²) in [5, 5.41) is 0. The minimum atomic E-state index is -5.39. The van der Waals surface area contributed by atoms with Crippen LogP contribution < -0.4 is 23.8 Å². The molecule has 0 heterocycles. The molecule has 216 valence electrons. The van der Waals surface area contributed by atoms with Gasteiger partial charge in [-0.05, 0) is 0 Å². The first-order chi connectivity index (χ1) is 13.7. The van der Waals surface area contributed by atoms with Crippen LogP contribution in [-0.4, -0.2) is 68.9 Å². The van der Waals surface area contributed by atoms with Crippen LogP contribution in [0.5, 0.6) is 0 Å². The molecule has 0 fully saturated rings. The second-order valence-corrected chi connectivity index (χ2v) is 9.82. The van der Waals surface area contributed by atoms with Gasteiger partial charge >= 0.3 is 64.6 Å². The third-order valence-electron chi connectivity index (χ3n) is 0.346. The first kappa shape index (κ1) is 52.2. The SMILES string of the molecule is O=P(O)(O)F.O=P(O)(O)F.O=P(O)(O)F.O=P(O)(O)F.O=P([O-])(O)F.O=S(=O)(O)CC(F)(F)F.[Li+]. The van der Waals surface area contributed by atoms with Crippen molar-refractivity contribution in [2.24, 2.45) is 0 Å². The summed E-state index contributed by atoms with van der Waals surface area (Å²) in [6.45, 7) is 0. The fourth-order valence-corrected chi connectivity index (χ4v) is 0.620. The van der Waals surface area contributed by atoms with Gasteiger partial charge in [-0.1, -0.05) is 0 Å². The molecule has 0 aromatic carbocycles. The molecule has 18 nitrogen and oxygen atoms in total. The molecular weight excluding hydrogens is 658 g/mol. The van der Waals surface area contributed by atoms with Crippen LogP contribution in [0.25, 0.3) is 0 Å². The topological polar surface area (TPSA) is 345 Å².